The van der Waals surface area contributed by atoms with Gasteiger partial charge in [-0.05, 0) is 6.26 Å². The Morgan fingerprint density at radius 2 is 1.83 bits per heavy atom. The van der Waals surface area contributed by atoms with Crippen molar-refractivity contribution in [2.24, 2.45) is 0 Å². The van der Waals surface area contributed by atoms with Crippen molar-refractivity contribution in [1.29, 1.82) is 0 Å². The largest absolute Gasteiger partial charge is 0.260 e. The maximum atomic E-state index is 6.72. The summed E-state index contributed by atoms with van der Waals surface area (Å²) >= 11 is 12.6. The van der Waals surface area contributed by atoms with Crippen molar-refractivity contribution in [2.45, 2.75) is 5.16 Å². The van der Waals surface area contributed by atoms with Crippen LogP contribution in [0.5, 0.6) is 0 Å². The van der Waals surface area contributed by atoms with Crippen molar-refractivity contribution in [2.75, 3.05) is 6.26 Å². The highest BCUT2D eigenvalue weighted by molar-refractivity contribution is 7.98. The number of aromatic nitrogens is 2. The third-order valence-corrected chi connectivity index (χ3v) is 2.15. The van der Waals surface area contributed by atoms with Crippen LogP contribution in [0.3, 0.4) is 0 Å². The van der Waals surface area contributed by atoms with Crippen LogP contribution in [0.4, 0.5) is 5.69 Å². The normalized spacial score (nSPS) is 9.50. The lowest BCUT2D eigenvalue weighted by Gasteiger charge is -1.99. The minimum Gasteiger partial charge on any atom is -0.232 e. The van der Waals surface area contributed by atoms with E-state index in [-0.39, 0.29) is 16.0 Å². The van der Waals surface area contributed by atoms with E-state index >= 15 is 0 Å². The SMILES string of the molecule is [C-]#[N+]c1c(Cl)nc(SC)nc1Cl. The average Bonchev–Trinajstić information content (AvgIpc) is 2.03. The second-order valence-electron chi connectivity index (χ2n) is 1.75. The zero-order valence-electron chi connectivity index (χ0n) is 6.01. The molecule has 0 atom stereocenters. The molecule has 1 aromatic heterocycles. The van der Waals surface area contributed by atoms with Gasteiger partial charge in [0.1, 0.15) is 10.3 Å². The topological polar surface area (TPSA) is 30.1 Å². The van der Waals surface area contributed by atoms with Crippen LogP contribution in [0.25, 0.3) is 4.85 Å². The Balaban J connectivity index is 3.30. The second kappa shape index (κ2) is 3.94. The quantitative estimate of drug-likeness (QED) is 0.315. The first-order chi connectivity index (χ1) is 5.69. The predicted octanol–water partition coefficient (Wildman–Crippen LogP) is 3.06. The molecule has 0 bridgehead atoms. The molecule has 0 aliphatic rings. The van der Waals surface area contributed by atoms with Gasteiger partial charge in [-0.15, -0.1) is 0 Å². The van der Waals surface area contributed by atoms with Crippen molar-refractivity contribution >= 4 is 40.7 Å². The van der Waals surface area contributed by atoms with Crippen LogP contribution in [0.15, 0.2) is 5.16 Å². The summed E-state index contributed by atoms with van der Waals surface area (Å²) in [6, 6.07) is 0. The molecule has 1 rings (SSSR count). The van der Waals surface area contributed by atoms with Crippen LogP contribution in [0.2, 0.25) is 10.3 Å². The van der Waals surface area contributed by atoms with E-state index in [0.29, 0.717) is 5.16 Å². The molecule has 0 aliphatic heterocycles. The average molecular weight is 220 g/mol. The van der Waals surface area contributed by atoms with Gasteiger partial charge in [0.05, 0.1) is 6.57 Å². The molecule has 0 fully saturated rings. The van der Waals surface area contributed by atoms with Gasteiger partial charge in [0, 0.05) is 0 Å². The fourth-order valence-electron chi connectivity index (χ4n) is 0.568. The van der Waals surface area contributed by atoms with Gasteiger partial charge in [0.2, 0.25) is 0 Å². The molecule has 1 heterocycles. The summed E-state index contributed by atoms with van der Waals surface area (Å²) < 4.78 is 0. The number of halogens is 2. The minimum absolute atomic E-state index is 0.106. The predicted molar refractivity (Wildman–Crippen MR) is 50.1 cm³/mol. The summed E-state index contributed by atoms with van der Waals surface area (Å²) in [4.78, 5) is 10.8. The number of thioether (sulfide) groups is 1. The Bertz CT molecular complexity index is 324. The summed E-state index contributed by atoms with van der Waals surface area (Å²) in [5.74, 6) is 0. The Hall–Kier alpha value is -0.500. The molecule has 0 unspecified atom stereocenters. The van der Waals surface area contributed by atoms with Gasteiger partial charge in [0.25, 0.3) is 5.69 Å². The molecule has 12 heavy (non-hydrogen) atoms. The molecule has 62 valence electrons. The van der Waals surface area contributed by atoms with Crippen LogP contribution in [0.1, 0.15) is 0 Å². The molecule has 0 spiro atoms. The van der Waals surface area contributed by atoms with E-state index in [2.05, 4.69) is 14.8 Å². The highest BCUT2D eigenvalue weighted by Crippen LogP contribution is 2.31. The van der Waals surface area contributed by atoms with Crippen molar-refractivity contribution in [3.63, 3.8) is 0 Å². The molecule has 0 aromatic carbocycles. The minimum atomic E-state index is 0.106. The van der Waals surface area contributed by atoms with Crippen LogP contribution in [-0.4, -0.2) is 16.2 Å². The van der Waals surface area contributed by atoms with E-state index < -0.39 is 0 Å². The first kappa shape index (κ1) is 9.59. The van der Waals surface area contributed by atoms with E-state index in [0.717, 1.165) is 0 Å². The number of hydrogen-bond donors (Lipinski definition) is 0. The summed E-state index contributed by atoms with van der Waals surface area (Å²) in [5.41, 5.74) is 0.108. The molecule has 0 amide bonds. The standard InChI is InChI=1S/C6H3Cl2N3S/c1-9-3-4(7)10-6(12-2)11-5(3)8/h2H3. The fraction of sp³-hybridized carbons (Fsp3) is 0.167. The van der Waals surface area contributed by atoms with Crippen LogP contribution >= 0.6 is 35.0 Å². The number of hydrogen-bond acceptors (Lipinski definition) is 3. The van der Waals surface area contributed by atoms with Crippen LogP contribution < -0.4 is 0 Å². The van der Waals surface area contributed by atoms with E-state index in [9.17, 15) is 0 Å². The van der Waals surface area contributed by atoms with Crippen molar-refractivity contribution in [1.82, 2.24) is 9.97 Å². The molecule has 0 saturated carbocycles. The second-order valence-corrected chi connectivity index (χ2v) is 3.24. The molecule has 1 aromatic rings. The highest BCUT2D eigenvalue weighted by atomic mass is 35.5. The van der Waals surface area contributed by atoms with Crippen molar-refractivity contribution < 1.29 is 0 Å². The zero-order valence-corrected chi connectivity index (χ0v) is 8.33. The Morgan fingerprint density at radius 3 is 2.17 bits per heavy atom. The summed E-state index contributed by atoms with van der Waals surface area (Å²) in [6.45, 7) is 6.72. The maximum absolute atomic E-state index is 6.72. The van der Waals surface area contributed by atoms with Gasteiger partial charge >= 0.3 is 0 Å². The Kier molecular flexibility index (Phi) is 3.15. The zero-order chi connectivity index (χ0) is 9.14. The van der Waals surface area contributed by atoms with Gasteiger partial charge in [-0.2, -0.15) is 0 Å². The Labute approximate surface area is 83.9 Å². The smallest absolute Gasteiger partial charge is 0.232 e. The molecule has 0 saturated heterocycles. The first-order valence-electron chi connectivity index (χ1n) is 2.83. The molecular weight excluding hydrogens is 217 g/mol. The molecule has 0 radical (unpaired) electrons. The molecular formula is C6H3Cl2N3S. The van der Waals surface area contributed by atoms with Gasteiger partial charge in [0.15, 0.2) is 5.16 Å². The van der Waals surface area contributed by atoms with Gasteiger partial charge < -0.3 is 0 Å². The molecule has 3 nitrogen and oxygen atoms in total. The van der Waals surface area contributed by atoms with E-state index in [1.165, 1.54) is 11.8 Å². The maximum Gasteiger partial charge on any atom is 0.260 e. The molecule has 0 aliphatic carbocycles. The van der Waals surface area contributed by atoms with Gasteiger partial charge in [-0.1, -0.05) is 35.0 Å². The lowest BCUT2D eigenvalue weighted by Crippen LogP contribution is -1.87. The highest BCUT2D eigenvalue weighted by Gasteiger charge is 2.10. The van der Waals surface area contributed by atoms with Crippen molar-refractivity contribution in [3.8, 4) is 0 Å². The third-order valence-electron chi connectivity index (χ3n) is 1.07. The summed E-state index contributed by atoms with van der Waals surface area (Å²) in [7, 11) is 0. The van der Waals surface area contributed by atoms with E-state index in [1.54, 1.807) is 6.26 Å². The van der Waals surface area contributed by atoms with Crippen molar-refractivity contribution in [3.05, 3.63) is 21.7 Å². The summed E-state index contributed by atoms with van der Waals surface area (Å²) in [6.07, 6.45) is 1.81. The van der Waals surface area contributed by atoms with Gasteiger partial charge in [-0.3, -0.25) is 0 Å². The Morgan fingerprint density at radius 1 is 1.33 bits per heavy atom. The third kappa shape index (κ3) is 1.81. The number of nitrogens with zero attached hydrogens (tertiary/aromatic N) is 3. The van der Waals surface area contributed by atoms with Crippen LogP contribution in [-0.2, 0) is 0 Å². The van der Waals surface area contributed by atoms with Gasteiger partial charge in [-0.25, -0.2) is 14.8 Å². The molecule has 0 N–H and O–H groups in total. The van der Waals surface area contributed by atoms with E-state index in [1.807, 2.05) is 0 Å². The lowest BCUT2D eigenvalue weighted by molar-refractivity contribution is 0.977. The first-order valence-corrected chi connectivity index (χ1v) is 4.81. The molecule has 6 heteroatoms. The monoisotopic (exact) mass is 219 g/mol. The number of rotatable bonds is 1. The lowest BCUT2D eigenvalue weighted by atomic mass is 10.5. The summed E-state index contributed by atoms with van der Waals surface area (Å²) in [5, 5.41) is 0.682. The van der Waals surface area contributed by atoms with Crippen LogP contribution in [0, 0.1) is 6.57 Å². The fourth-order valence-corrected chi connectivity index (χ4v) is 1.50. The van der Waals surface area contributed by atoms with E-state index in [4.69, 9.17) is 29.8 Å².